The van der Waals surface area contributed by atoms with Crippen LogP contribution in [-0.4, -0.2) is 78.3 Å². The van der Waals surface area contributed by atoms with E-state index in [1.807, 2.05) is 0 Å². The van der Waals surface area contributed by atoms with Crippen LogP contribution in [0, 0.1) is 11.2 Å². The van der Waals surface area contributed by atoms with Gasteiger partial charge in [-0.25, -0.2) is 19.0 Å². The van der Waals surface area contributed by atoms with Gasteiger partial charge in [0.15, 0.2) is 5.69 Å². The lowest BCUT2D eigenvalue weighted by atomic mass is 10.3. The second-order valence-electron chi connectivity index (χ2n) is 6.97. The number of guanidine groups is 1. The first-order chi connectivity index (χ1) is 15.9. The Morgan fingerprint density at radius 2 is 1.91 bits per heavy atom. The Kier molecular flexibility index (Phi) is 8.05. The van der Waals surface area contributed by atoms with Gasteiger partial charge in [-0.05, 0) is 12.1 Å². The Labute approximate surface area is 188 Å². The monoisotopic (exact) mass is 461 g/mol. The van der Waals surface area contributed by atoms with E-state index >= 15 is 0 Å². The predicted molar refractivity (Wildman–Crippen MR) is 115 cm³/mol. The Morgan fingerprint density at radius 3 is 2.61 bits per heavy atom. The summed E-state index contributed by atoms with van der Waals surface area (Å²) in [5.41, 5.74) is -0.431. The van der Waals surface area contributed by atoms with Crippen LogP contribution in [0.3, 0.4) is 0 Å². The summed E-state index contributed by atoms with van der Waals surface area (Å²) in [4.78, 5) is 43.1. The molecule has 2 heterocycles. The van der Waals surface area contributed by atoms with Crippen molar-refractivity contribution in [2.75, 3.05) is 45.3 Å². The number of nitrogens with one attached hydrogen (secondary N) is 4. The van der Waals surface area contributed by atoms with E-state index in [4.69, 9.17) is 14.9 Å². The molecule has 33 heavy (non-hydrogen) atoms. The van der Waals surface area contributed by atoms with Gasteiger partial charge in [0.1, 0.15) is 11.5 Å². The molecule has 0 bridgehead atoms. The standard InChI is InChI=1S/C20H24FN7O5/c1-32-18(30)15-16(28(12-23-15)7-6-27-8-10-33-11-9-27)17(29)25-19(22)26-20(31)24-14-5-3-2-4-13(14)21/h2-5,12H,6-11H2,1H3,(H4,22,24,25,26,29,31). The van der Waals surface area contributed by atoms with E-state index in [9.17, 15) is 18.8 Å². The Bertz CT molecular complexity index is 1040. The van der Waals surface area contributed by atoms with Crippen molar-refractivity contribution >= 4 is 29.6 Å². The smallest absolute Gasteiger partial charge is 0.359 e. The molecule has 176 valence electrons. The fourth-order valence-corrected chi connectivity index (χ4v) is 3.14. The van der Waals surface area contributed by atoms with Crippen LogP contribution < -0.4 is 16.0 Å². The number of ether oxygens (including phenoxy) is 2. The number of amides is 3. The van der Waals surface area contributed by atoms with Gasteiger partial charge in [0, 0.05) is 26.2 Å². The summed E-state index contributed by atoms with van der Waals surface area (Å²) in [7, 11) is 1.16. The number of halogens is 1. The van der Waals surface area contributed by atoms with Gasteiger partial charge >= 0.3 is 12.0 Å². The second kappa shape index (κ2) is 11.2. The zero-order valence-electron chi connectivity index (χ0n) is 17.9. The van der Waals surface area contributed by atoms with Crippen LogP contribution in [-0.2, 0) is 16.0 Å². The molecular formula is C20H24FN7O5. The quantitative estimate of drug-likeness (QED) is 0.280. The molecule has 0 unspecified atom stereocenters. The highest BCUT2D eigenvalue weighted by atomic mass is 19.1. The van der Waals surface area contributed by atoms with Gasteiger partial charge in [0.05, 0.1) is 32.3 Å². The fourth-order valence-electron chi connectivity index (χ4n) is 3.14. The number of hydrogen-bond donors (Lipinski definition) is 4. The van der Waals surface area contributed by atoms with Crippen molar-refractivity contribution in [1.29, 1.82) is 5.41 Å². The third-order valence-electron chi connectivity index (χ3n) is 4.79. The van der Waals surface area contributed by atoms with Gasteiger partial charge < -0.3 is 19.4 Å². The highest BCUT2D eigenvalue weighted by Crippen LogP contribution is 2.12. The number of rotatable bonds is 6. The first-order valence-electron chi connectivity index (χ1n) is 10.0. The minimum absolute atomic E-state index is 0.0942. The molecule has 2 aromatic rings. The van der Waals surface area contributed by atoms with Crippen molar-refractivity contribution in [3.05, 3.63) is 47.8 Å². The number of morpholine rings is 1. The van der Waals surface area contributed by atoms with E-state index in [1.165, 1.54) is 29.1 Å². The van der Waals surface area contributed by atoms with Crippen molar-refractivity contribution in [3.63, 3.8) is 0 Å². The average molecular weight is 461 g/mol. The predicted octanol–water partition coefficient (Wildman–Crippen LogP) is 0.627. The second-order valence-corrected chi connectivity index (χ2v) is 6.97. The first kappa shape index (κ1) is 23.8. The molecule has 13 heteroatoms. The number of carbonyl (C=O) groups is 3. The zero-order chi connectivity index (χ0) is 23.8. The van der Waals surface area contributed by atoms with Gasteiger partial charge in [0.2, 0.25) is 5.96 Å². The van der Waals surface area contributed by atoms with Gasteiger partial charge in [-0.2, -0.15) is 0 Å². The lowest BCUT2D eigenvalue weighted by Crippen LogP contribution is -2.45. The summed E-state index contributed by atoms with van der Waals surface area (Å²) in [6.07, 6.45) is 1.34. The maximum absolute atomic E-state index is 13.7. The van der Waals surface area contributed by atoms with Crippen LogP contribution in [0.1, 0.15) is 21.0 Å². The number of imidazole rings is 1. The molecule has 0 aliphatic carbocycles. The molecule has 1 aromatic carbocycles. The number of hydrogen-bond acceptors (Lipinski definition) is 8. The van der Waals surface area contributed by atoms with Crippen LogP contribution in [0.5, 0.6) is 0 Å². The number of methoxy groups -OCH3 is 1. The van der Waals surface area contributed by atoms with Gasteiger partial charge in [-0.15, -0.1) is 0 Å². The van der Waals surface area contributed by atoms with Crippen molar-refractivity contribution in [1.82, 2.24) is 25.1 Å². The first-order valence-corrected chi connectivity index (χ1v) is 10.0. The van der Waals surface area contributed by atoms with Crippen molar-refractivity contribution < 1.29 is 28.2 Å². The van der Waals surface area contributed by atoms with Crippen LogP contribution in [0.15, 0.2) is 30.6 Å². The van der Waals surface area contributed by atoms with Gasteiger partial charge in [0.25, 0.3) is 5.91 Å². The molecule has 1 aromatic heterocycles. The number of urea groups is 1. The molecule has 1 fully saturated rings. The average Bonchev–Trinajstić information content (AvgIpc) is 3.23. The molecular weight excluding hydrogens is 437 g/mol. The van der Waals surface area contributed by atoms with Crippen LogP contribution in [0.25, 0.3) is 0 Å². The number of nitrogens with zero attached hydrogens (tertiary/aromatic N) is 3. The van der Waals surface area contributed by atoms with E-state index in [0.29, 0.717) is 26.3 Å². The van der Waals surface area contributed by atoms with Crippen LogP contribution in [0.2, 0.25) is 0 Å². The molecule has 0 saturated carbocycles. The number of para-hydroxylation sites is 1. The number of benzene rings is 1. The summed E-state index contributed by atoms with van der Waals surface area (Å²) < 4.78 is 25.1. The Hall–Kier alpha value is -3.84. The maximum atomic E-state index is 13.7. The lowest BCUT2D eigenvalue weighted by Gasteiger charge is -2.26. The molecule has 12 nitrogen and oxygen atoms in total. The summed E-state index contributed by atoms with van der Waals surface area (Å²) in [6.45, 7) is 3.64. The van der Waals surface area contributed by atoms with Crippen molar-refractivity contribution in [3.8, 4) is 0 Å². The highest BCUT2D eigenvalue weighted by Gasteiger charge is 2.26. The van der Waals surface area contributed by atoms with E-state index in [0.717, 1.165) is 26.3 Å². The minimum atomic E-state index is -0.931. The SMILES string of the molecule is COC(=O)c1ncn(CCN2CCOCC2)c1C(=O)NC(=N)NC(=O)Nc1ccccc1F. The molecule has 1 saturated heterocycles. The number of aromatic nitrogens is 2. The molecule has 1 aliphatic rings. The molecule has 0 atom stereocenters. The lowest BCUT2D eigenvalue weighted by molar-refractivity contribution is 0.0362. The van der Waals surface area contributed by atoms with Crippen LogP contribution >= 0.6 is 0 Å². The molecule has 3 rings (SSSR count). The summed E-state index contributed by atoms with van der Waals surface area (Å²) in [5, 5.41) is 14.4. The largest absolute Gasteiger partial charge is 0.464 e. The van der Waals surface area contributed by atoms with Gasteiger partial charge in [-0.1, -0.05) is 12.1 Å². The van der Waals surface area contributed by atoms with E-state index in [1.54, 1.807) is 0 Å². The summed E-state index contributed by atoms with van der Waals surface area (Å²) in [5.74, 6) is -2.99. The molecule has 0 spiro atoms. The third kappa shape index (κ3) is 6.33. The fraction of sp³-hybridized carbons (Fsp3) is 0.350. The number of anilines is 1. The van der Waals surface area contributed by atoms with Gasteiger partial charge in [-0.3, -0.25) is 25.7 Å². The molecule has 4 N–H and O–H groups in total. The summed E-state index contributed by atoms with van der Waals surface area (Å²) in [6, 6.07) is 4.56. The van der Waals surface area contributed by atoms with Crippen molar-refractivity contribution in [2.45, 2.75) is 6.54 Å². The highest BCUT2D eigenvalue weighted by molar-refractivity contribution is 6.12. The van der Waals surface area contributed by atoms with Crippen molar-refractivity contribution in [2.24, 2.45) is 0 Å². The van der Waals surface area contributed by atoms with E-state index in [-0.39, 0.29) is 17.1 Å². The maximum Gasteiger partial charge on any atom is 0.359 e. The van der Waals surface area contributed by atoms with E-state index in [2.05, 4.69) is 25.8 Å². The van der Waals surface area contributed by atoms with E-state index < -0.39 is 29.7 Å². The Balaban J connectivity index is 1.65. The third-order valence-corrected chi connectivity index (χ3v) is 4.79. The minimum Gasteiger partial charge on any atom is -0.464 e. The topological polar surface area (TPSA) is 151 Å². The van der Waals surface area contributed by atoms with Crippen LogP contribution in [0.4, 0.5) is 14.9 Å². The normalized spacial score (nSPS) is 13.8. The molecule has 1 aliphatic heterocycles. The molecule has 0 radical (unpaired) electrons. The number of carbonyl (C=O) groups excluding carboxylic acids is 3. The number of esters is 1. The Morgan fingerprint density at radius 1 is 1.18 bits per heavy atom. The molecule has 3 amide bonds. The zero-order valence-corrected chi connectivity index (χ0v) is 17.9. The summed E-state index contributed by atoms with van der Waals surface area (Å²) >= 11 is 0.